The molecule has 1 aliphatic heterocycles. The maximum atomic E-state index is 12.9. The Bertz CT molecular complexity index is 701. The number of hydrogen-bond donors (Lipinski definition) is 0. The number of ether oxygens (including phenoxy) is 1. The Morgan fingerprint density at radius 2 is 2.04 bits per heavy atom. The molecule has 0 radical (unpaired) electrons. The first-order valence-corrected chi connectivity index (χ1v) is 9.18. The fourth-order valence-corrected chi connectivity index (χ4v) is 3.38. The van der Waals surface area contributed by atoms with Gasteiger partial charge in [0.15, 0.2) is 0 Å². The molecule has 0 aliphatic carbocycles. The van der Waals surface area contributed by atoms with Gasteiger partial charge in [0.1, 0.15) is 0 Å². The van der Waals surface area contributed by atoms with Crippen LogP contribution in [0.3, 0.4) is 0 Å². The number of benzene rings is 1. The van der Waals surface area contributed by atoms with Crippen molar-refractivity contribution in [2.75, 3.05) is 19.7 Å². The van der Waals surface area contributed by atoms with E-state index in [1.165, 1.54) is 5.56 Å². The van der Waals surface area contributed by atoms with Crippen LogP contribution in [-0.4, -0.2) is 35.5 Å². The lowest BCUT2D eigenvalue weighted by Gasteiger charge is -2.25. The minimum absolute atomic E-state index is 0.0383. The van der Waals surface area contributed by atoms with Crippen LogP contribution in [0.1, 0.15) is 48.0 Å². The van der Waals surface area contributed by atoms with Crippen molar-refractivity contribution in [1.29, 1.82) is 0 Å². The number of aromatic nitrogens is 1. The Hall–Kier alpha value is -2.07. The third-order valence-corrected chi connectivity index (χ3v) is 4.83. The lowest BCUT2D eigenvalue weighted by Crippen LogP contribution is -2.34. The minimum atomic E-state index is 0.0383. The summed E-state index contributed by atoms with van der Waals surface area (Å²) >= 11 is 6.00. The van der Waals surface area contributed by atoms with Crippen molar-refractivity contribution >= 4 is 17.5 Å². The molecule has 5 heteroatoms. The summed E-state index contributed by atoms with van der Waals surface area (Å²) in [6.07, 6.45) is 4.85. The second kappa shape index (κ2) is 8.34. The number of carbonyl (C=O) groups is 1. The Labute approximate surface area is 153 Å². The van der Waals surface area contributed by atoms with Gasteiger partial charge in [-0.3, -0.25) is 4.79 Å². The van der Waals surface area contributed by atoms with E-state index in [0.29, 0.717) is 24.0 Å². The predicted molar refractivity (Wildman–Crippen MR) is 99.4 cm³/mol. The molecule has 132 valence electrons. The molecule has 0 saturated carbocycles. The van der Waals surface area contributed by atoms with Gasteiger partial charge in [0.05, 0.1) is 12.2 Å². The van der Waals surface area contributed by atoms with Gasteiger partial charge in [-0.25, -0.2) is 4.98 Å². The molecule has 25 heavy (non-hydrogen) atoms. The lowest BCUT2D eigenvalue weighted by molar-refractivity contribution is 0.0754. The van der Waals surface area contributed by atoms with Crippen LogP contribution >= 0.6 is 11.6 Å². The fraction of sp³-hybridized carbons (Fsp3) is 0.400. The van der Waals surface area contributed by atoms with Crippen molar-refractivity contribution in [3.05, 3.63) is 58.7 Å². The zero-order chi connectivity index (χ0) is 17.6. The largest absolute Gasteiger partial charge is 0.478 e. The van der Waals surface area contributed by atoms with E-state index in [0.717, 1.165) is 37.4 Å². The van der Waals surface area contributed by atoms with Gasteiger partial charge in [-0.2, -0.15) is 0 Å². The van der Waals surface area contributed by atoms with Gasteiger partial charge in [-0.1, -0.05) is 30.2 Å². The Balaban J connectivity index is 1.73. The summed E-state index contributed by atoms with van der Waals surface area (Å²) < 4.78 is 5.34. The van der Waals surface area contributed by atoms with E-state index < -0.39 is 0 Å². The molecule has 2 aromatic rings. The van der Waals surface area contributed by atoms with E-state index in [1.54, 1.807) is 18.3 Å². The monoisotopic (exact) mass is 358 g/mol. The zero-order valence-corrected chi connectivity index (χ0v) is 15.2. The number of amides is 1. The first-order valence-electron chi connectivity index (χ1n) is 8.81. The normalized spacial score (nSPS) is 17.8. The Morgan fingerprint density at radius 3 is 2.72 bits per heavy atom. The van der Waals surface area contributed by atoms with Crippen molar-refractivity contribution in [3.8, 4) is 5.88 Å². The van der Waals surface area contributed by atoms with E-state index in [-0.39, 0.29) is 5.91 Å². The first-order chi connectivity index (χ1) is 12.2. The van der Waals surface area contributed by atoms with Crippen LogP contribution in [-0.2, 0) is 0 Å². The molecule has 2 heterocycles. The number of likely N-dealkylation sites (tertiary alicyclic amines) is 1. The molecule has 1 atom stereocenters. The highest BCUT2D eigenvalue weighted by Crippen LogP contribution is 2.28. The second-order valence-electron chi connectivity index (χ2n) is 6.31. The van der Waals surface area contributed by atoms with E-state index in [2.05, 4.69) is 17.1 Å². The average Bonchev–Trinajstić information content (AvgIpc) is 2.89. The molecular weight excluding hydrogens is 336 g/mol. The Morgan fingerprint density at radius 1 is 1.24 bits per heavy atom. The summed E-state index contributed by atoms with van der Waals surface area (Å²) in [6.45, 7) is 3.99. The molecule has 1 aromatic carbocycles. The van der Waals surface area contributed by atoms with Crippen molar-refractivity contribution in [2.24, 2.45) is 0 Å². The minimum Gasteiger partial charge on any atom is -0.478 e. The molecular formula is C20H23ClN2O2. The van der Waals surface area contributed by atoms with Gasteiger partial charge in [-0.05, 0) is 43.5 Å². The third-order valence-electron chi connectivity index (χ3n) is 4.58. The molecule has 1 aromatic heterocycles. The topological polar surface area (TPSA) is 42.4 Å². The van der Waals surface area contributed by atoms with E-state index in [1.807, 2.05) is 24.0 Å². The van der Waals surface area contributed by atoms with Crippen LogP contribution in [0, 0.1) is 0 Å². The Kier molecular flexibility index (Phi) is 5.92. The second-order valence-corrected chi connectivity index (χ2v) is 6.75. The molecule has 1 amide bonds. The van der Waals surface area contributed by atoms with E-state index >= 15 is 0 Å². The molecule has 1 aliphatic rings. The predicted octanol–water partition coefficient (Wildman–Crippen LogP) is 4.54. The smallest absolute Gasteiger partial charge is 0.255 e. The van der Waals surface area contributed by atoms with E-state index in [9.17, 15) is 4.79 Å². The van der Waals surface area contributed by atoms with E-state index in [4.69, 9.17) is 16.3 Å². The summed E-state index contributed by atoms with van der Waals surface area (Å²) in [6, 6.07) is 11.5. The van der Waals surface area contributed by atoms with Crippen LogP contribution in [0.25, 0.3) is 0 Å². The quantitative estimate of drug-likeness (QED) is 0.805. The van der Waals surface area contributed by atoms with Gasteiger partial charge in [-0.15, -0.1) is 0 Å². The highest BCUT2D eigenvalue weighted by atomic mass is 35.5. The summed E-state index contributed by atoms with van der Waals surface area (Å²) in [7, 11) is 0. The van der Waals surface area contributed by atoms with Crippen molar-refractivity contribution < 1.29 is 9.53 Å². The SMILES string of the molecule is CCOc1ccc(C(=O)N2CCCCC(c3ccc(Cl)cc3)C2)cn1. The van der Waals surface area contributed by atoms with Crippen LogP contribution in [0.4, 0.5) is 0 Å². The van der Waals surface area contributed by atoms with Gasteiger partial charge >= 0.3 is 0 Å². The third kappa shape index (κ3) is 4.51. The molecule has 0 bridgehead atoms. The summed E-state index contributed by atoms with van der Waals surface area (Å²) in [5.41, 5.74) is 1.86. The molecule has 1 unspecified atom stereocenters. The maximum Gasteiger partial charge on any atom is 0.255 e. The number of hydrogen-bond acceptors (Lipinski definition) is 3. The number of nitrogens with zero attached hydrogens (tertiary/aromatic N) is 2. The van der Waals surface area contributed by atoms with Gasteiger partial charge in [0.2, 0.25) is 5.88 Å². The maximum absolute atomic E-state index is 12.9. The average molecular weight is 359 g/mol. The van der Waals surface area contributed by atoms with Gasteiger partial charge < -0.3 is 9.64 Å². The zero-order valence-electron chi connectivity index (χ0n) is 14.5. The summed E-state index contributed by atoms with van der Waals surface area (Å²) in [5, 5.41) is 0.741. The molecule has 3 rings (SSSR count). The molecule has 0 spiro atoms. The molecule has 1 saturated heterocycles. The van der Waals surface area contributed by atoms with Crippen molar-refractivity contribution in [1.82, 2.24) is 9.88 Å². The molecule has 1 fully saturated rings. The molecule has 4 nitrogen and oxygen atoms in total. The van der Waals surface area contributed by atoms with Gasteiger partial charge in [0, 0.05) is 36.3 Å². The number of carbonyl (C=O) groups excluding carboxylic acids is 1. The van der Waals surface area contributed by atoms with Crippen LogP contribution in [0.15, 0.2) is 42.6 Å². The standard InChI is InChI=1S/C20H23ClN2O2/c1-2-25-19-11-8-16(13-22-19)20(24)23-12-4-3-5-17(14-23)15-6-9-18(21)10-7-15/h6-11,13,17H,2-5,12,14H2,1H3. The molecule has 0 N–H and O–H groups in total. The number of rotatable bonds is 4. The van der Waals surface area contributed by atoms with Crippen LogP contribution in [0.2, 0.25) is 5.02 Å². The number of halogens is 1. The van der Waals surface area contributed by atoms with Crippen molar-refractivity contribution in [3.63, 3.8) is 0 Å². The van der Waals surface area contributed by atoms with Crippen LogP contribution in [0.5, 0.6) is 5.88 Å². The van der Waals surface area contributed by atoms with Crippen LogP contribution < -0.4 is 4.74 Å². The van der Waals surface area contributed by atoms with Crippen molar-refractivity contribution in [2.45, 2.75) is 32.1 Å². The first kappa shape index (κ1) is 17.7. The number of pyridine rings is 1. The summed E-state index contributed by atoms with van der Waals surface area (Å²) in [4.78, 5) is 19.0. The highest BCUT2D eigenvalue weighted by molar-refractivity contribution is 6.30. The summed E-state index contributed by atoms with van der Waals surface area (Å²) in [5.74, 6) is 0.935. The highest BCUT2D eigenvalue weighted by Gasteiger charge is 2.24. The van der Waals surface area contributed by atoms with Gasteiger partial charge in [0.25, 0.3) is 5.91 Å². The fourth-order valence-electron chi connectivity index (χ4n) is 3.26. The lowest BCUT2D eigenvalue weighted by atomic mass is 9.94.